The van der Waals surface area contributed by atoms with Gasteiger partial charge >= 0.3 is 6.03 Å². The van der Waals surface area contributed by atoms with Crippen molar-refractivity contribution in [2.75, 3.05) is 25.9 Å². The lowest BCUT2D eigenvalue weighted by atomic mass is 10.1. The minimum atomic E-state index is -1.50. The molecule has 2 N–H and O–H groups in total. The second-order valence-corrected chi connectivity index (χ2v) is 6.92. The Labute approximate surface area is 126 Å². The zero-order valence-corrected chi connectivity index (χ0v) is 13.2. The summed E-state index contributed by atoms with van der Waals surface area (Å²) in [6.45, 7) is 3.54. The molecule has 0 heterocycles. The van der Waals surface area contributed by atoms with Crippen LogP contribution < -0.4 is 5.32 Å². The van der Waals surface area contributed by atoms with E-state index in [1.807, 2.05) is 0 Å². The molecule has 0 fully saturated rings. The first-order valence-electron chi connectivity index (χ1n) is 6.55. The summed E-state index contributed by atoms with van der Waals surface area (Å²) in [5.74, 6) is -0.385. The van der Waals surface area contributed by atoms with Gasteiger partial charge in [-0.1, -0.05) is 12.1 Å². The number of carbonyl (C=O) groups is 1. The molecule has 1 atom stereocenters. The molecule has 0 aliphatic carbocycles. The Kier molecular flexibility index (Phi) is 6.29. The number of urea groups is 1. The van der Waals surface area contributed by atoms with Crippen LogP contribution >= 0.6 is 0 Å². The van der Waals surface area contributed by atoms with Crippen LogP contribution in [0.25, 0.3) is 0 Å². The number of likely N-dealkylation sites (N-methyl/N-ethyl adjacent to an activating group) is 1. The van der Waals surface area contributed by atoms with E-state index in [2.05, 4.69) is 5.32 Å². The number of nitrogens with one attached hydrogen (secondary N) is 1. The maximum absolute atomic E-state index is 13.4. The quantitative estimate of drug-likeness (QED) is 0.832. The van der Waals surface area contributed by atoms with Gasteiger partial charge in [0.1, 0.15) is 5.82 Å². The highest BCUT2D eigenvalue weighted by Crippen LogP contribution is 2.11. The second kappa shape index (κ2) is 7.51. The molecule has 0 spiro atoms. The van der Waals surface area contributed by atoms with Crippen LogP contribution in [-0.4, -0.2) is 51.7 Å². The molecule has 5 nitrogen and oxygen atoms in total. The maximum Gasteiger partial charge on any atom is 0.317 e. The van der Waals surface area contributed by atoms with E-state index in [9.17, 15) is 18.5 Å². The molecule has 0 bridgehead atoms. The van der Waals surface area contributed by atoms with E-state index < -0.39 is 22.2 Å². The standard InChI is InChI=1S/C14H21FN2O3S/c1-14(2,19)10-17(3)13(18)16-8-9-21(20)12-7-5-4-6-11(12)15/h4-7,19H,8-10H2,1-3H3,(H,16,18)/t21-/m1/s1. The first-order valence-corrected chi connectivity index (χ1v) is 7.87. The third kappa shape index (κ3) is 6.22. The highest BCUT2D eigenvalue weighted by atomic mass is 32.2. The van der Waals surface area contributed by atoms with Crippen molar-refractivity contribution in [1.29, 1.82) is 0 Å². The third-order valence-electron chi connectivity index (χ3n) is 2.62. The second-order valence-electron chi connectivity index (χ2n) is 5.38. The zero-order chi connectivity index (χ0) is 16.0. The average Bonchev–Trinajstić information content (AvgIpc) is 2.36. The molecule has 0 radical (unpaired) electrons. The Hall–Kier alpha value is -1.47. The molecule has 2 amide bonds. The minimum Gasteiger partial charge on any atom is -0.389 e. The van der Waals surface area contributed by atoms with E-state index in [1.54, 1.807) is 27.0 Å². The van der Waals surface area contributed by atoms with Gasteiger partial charge in [-0.25, -0.2) is 9.18 Å². The molecule has 0 unspecified atom stereocenters. The first kappa shape index (κ1) is 17.6. The molecule has 1 aromatic carbocycles. The number of hydrogen-bond acceptors (Lipinski definition) is 3. The number of halogens is 1. The minimum absolute atomic E-state index is 0.128. The summed E-state index contributed by atoms with van der Waals surface area (Å²) in [5.41, 5.74) is -0.984. The monoisotopic (exact) mass is 316 g/mol. The number of rotatable bonds is 6. The molecule has 0 saturated carbocycles. The van der Waals surface area contributed by atoms with Gasteiger partial charge in [0.25, 0.3) is 0 Å². The fourth-order valence-electron chi connectivity index (χ4n) is 1.78. The molecular weight excluding hydrogens is 295 g/mol. The van der Waals surface area contributed by atoms with E-state index in [1.165, 1.54) is 23.1 Å². The SMILES string of the molecule is CN(CC(C)(C)O)C(=O)NCC[S@@](=O)c1ccccc1F. The zero-order valence-electron chi connectivity index (χ0n) is 12.4. The molecule has 0 aliphatic rings. The van der Waals surface area contributed by atoms with Gasteiger partial charge in [-0.05, 0) is 26.0 Å². The van der Waals surface area contributed by atoms with Crippen molar-refractivity contribution in [3.05, 3.63) is 30.1 Å². The number of benzene rings is 1. The van der Waals surface area contributed by atoms with E-state index in [0.717, 1.165) is 0 Å². The van der Waals surface area contributed by atoms with Crippen LogP contribution in [0.3, 0.4) is 0 Å². The predicted octanol–water partition coefficient (Wildman–Crippen LogP) is 1.35. The fraction of sp³-hybridized carbons (Fsp3) is 0.500. The van der Waals surface area contributed by atoms with E-state index in [-0.39, 0.29) is 29.8 Å². The molecule has 1 rings (SSSR count). The molecule has 0 aliphatic heterocycles. The highest BCUT2D eigenvalue weighted by Gasteiger charge is 2.19. The lowest BCUT2D eigenvalue weighted by molar-refractivity contribution is 0.0533. The topological polar surface area (TPSA) is 69.6 Å². The Bertz CT molecular complexity index is 517. The summed E-state index contributed by atoms with van der Waals surface area (Å²) >= 11 is 0. The van der Waals surface area contributed by atoms with Crippen molar-refractivity contribution in [1.82, 2.24) is 10.2 Å². The van der Waals surface area contributed by atoms with Crippen LogP contribution in [-0.2, 0) is 10.8 Å². The maximum atomic E-state index is 13.4. The lowest BCUT2D eigenvalue weighted by Gasteiger charge is -2.25. The van der Waals surface area contributed by atoms with E-state index in [0.29, 0.717) is 0 Å². The summed E-state index contributed by atoms with van der Waals surface area (Å²) in [6.07, 6.45) is 0. The van der Waals surface area contributed by atoms with Gasteiger partial charge in [0.2, 0.25) is 0 Å². The van der Waals surface area contributed by atoms with Gasteiger partial charge in [-0.3, -0.25) is 4.21 Å². The molecular formula is C14H21FN2O3S. The normalized spacial score (nSPS) is 12.8. The first-order chi connectivity index (χ1) is 9.70. The summed E-state index contributed by atoms with van der Waals surface area (Å²) in [5, 5.41) is 12.2. The predicted molar refractivity (Wildman–Crippen MR) is 80.0 cm³/mol. The molecule has 1 aromatic rings. The van der Waals surface area contributed by atoms with Crippen LogP contribution in [0, 0.1) is 5.82 Å². The van der Waals surface area contributed by atoms with Gasteiger partial charge in [-0.15, -0.1) is 0 Å². The van der Waals surface area contributed by atoms with E-state index >= 15 is 0 Å². The number of aliphatic hydroxyl groups is 1. The van der Waals surface area contributed by atoms with Crippen molar-refractivity contribution in [2.45, 2.75) is 24.3 Å². The Morgan fingerprint density at radius 2 is 2.05 bits per heavy atom. The van der Waals surface area contributed by atoms with Crippen molar-refractivity contribution >= 4 is 16.8 Å². The Balaban J connectivity index is 2.42. The lowest BCUT2D eigenvalue weighted by Crippen LogP contribution is -2.45. The number of nitrogens with zero attached hydrogens (tertiary/aromatic N) is 1. The molecule has 21 heavy (non-hydrogen) atoms. The van der Waals surface area contributed by atoms with E-state index in [4.69, 9.17) is 0 Å². The number of hydrogen-bond donors (Lipinski definition) is 2. The van der Waals surface area contributed by atoms with Crippen LogP contribution in [0.2, 0.25) is 0 Å². The summed E-state index contributed by atoms with van der Waals surface area (Å²) < 4.78 is 25.3. The van der Waals surface area contributed by atoms with Gasteiger partial charge < -0.3 is 15.3 Å². The Morgan fingerprint density at radius 3 is 2.62 bits per heavy atom. The van der Waals surface area contributed by atoms with Gasteiger partial charge in [0, 0.05) is 19.3 Å². The average molecular weight is 316 g/mol. The van der Waals surface area contributed by atoms with Crippen molar-refractivity contribution in [3.8, 4) is 0 Å². The Morgan fingerprint density at radius 1 is 1.43 bits per heavy atom. The molecule has 118 valence electrons. The smallest absolute Gasteiger partial charge is 0.317 e. The molecule has 0 aromatic heterocycles. The summed E-state index contributed by atoms with van der Waals surface area (Å²) in [4.78, 5) is 13.2. The van der Waals surface area contributed by atoms with Crippen molar-refractivity contribution in [3.63, 3.8) is 0 Å². The fourth-order valence-corrected chi connectivity index (χ4v) is 2.80. The highest BCUT2D eigenvalue weighted by molar-refractivity contribution is 7.85. The van der Waals surface area contributed by atoms with Crippen molar-refractivity contribution in [2.24, 2.45) is 0 Å². The molecule has 7 heteroatoms. The third-order valence-corrected chi connectivity index (χ3v) is 4.01. The summed E-state index contributed by atoms with van der Waals surface area (Å²) in [6, 6.07) is 5.49. The number of amides is 2. The largest absolute Gasteiger partial charge is 0.389 e. The van der Waals surface area contributed by atoms with Crippen LogP contribution in [0.5, 0.6) is 0 Å². The summed E-state index contributed by atoms with van der Waals surface area (Å²) in [7, 11) is 0.0554. The van der Waals surface area contributed by atoms with Gasteiger partial charge in [0.05, 0.1) is 27.8 Å². The van der Waals surface area contributed by atoms with Crippen LogP contribution in [0.1, 0.15) is 13.8 Å². The number of carbonyl (C=O) groups excluding carboxylic acids is 1. The van der Waals surface area contributed by atoms with Crippen molar-refractivity contribution < 1.29 is 18.5 Å². The van der Waals surface area contributed by atoms with Crippen LogP contribution in [0.4, 0.5) is 9.18 Å². The van der Waals surface area contributed by atoms with Crippen LogP contribution in [0.15, 0.2) is 29.2 Å². The van der Waals surface area contributed by atoms with Gasteiger partial charge in [0.15, 0.2) is 0 Å². The van der Waals surface area contributed by atoms with Gasteiger partial charge in [-0.2, -0.15) is 0 Å². The molecule has 0 saturated heterocycles.